The third-order valence-electron chi connectivity index (χ3n) is 4.23. The van der Waals surface area contributed by atoms with Gasteiger partial charge in [0, 0.05) is 10.0 Å². The summed E-state index contributed by atoms with van der Waals surface area (Å²) >= 11 is 3.38. The van der Waals surface area contributed by atoms with Gasteiger partial charge in [-0.05, 0) is 42.8 Å². The van der Waals surface area contributed by atoms with Crippen LogP contribution in [0, 0.1) is 6.92 Å². The van der Waals surface area contributed by atoms with E-state index >= 15 is 0 Å². The van der Waals surface area contributed by atoms with Crippen LogP contribution in [0.5, 0.6) is 11.5 Å². The average Bonchev–Trinajstić information content (AvgIpc) is 2.67. The number of ether oxygens (including phenoxy) is 2. The van der Waals surface area contributed by atoms with Crippen LogP contribution in [0.15, 0.2) is 46.4 Å². The van der Waals surface area contributed by atoms with E-state index in [-0.39, 0.29) is 5.57 Å². The molecule has 4 amide bonds. The highest BCUT2D eigenvalue weighted by atomic mass is 79.9. The molecule has 0 saturated carbocycles. The lowest BCUT2D eigenvalue weighted by Crippen LogP contribution is -2.54. The number of hydrogen-bond donors (Lipinski definition) is 1. The molecule has 1 fully saturated rings. The fourth-order valence-corrected chi connectivity index (χ4v) is 3.09. The first-order valence-corrected chi connectivity index (χ1v) is 9.05. The van der Waals surface area contributed by atoms with Gasteiger partial charge in [0.1, 0.15) is 5.57 Å². The van der Waals surface area contributed by atoms with Gasteiger partial charge in [-0.3, -0.25) is 14.9 Å². The van der Waals surface area contributed by atoms with Gasteiger partial charge in [0.15, 0.2) is 11.5 Å². The molecule has 1 aliphatic heterocycles. The van der Waals surface area contributed by atoms with E-state index < -0.39 is 17.8 Å². The Balaban J connectivity index is 2.08. The predicted octanol–water partition coefficient (Wildman–Crippen LogP) is 3.44. The van der Waals surface area contributed by atoms with Crippen LogP contribution in [0.1, 0.15) is 11.1 Å². The number of imide groups is 2. The lowest BCUT2D eigenvalue weighted by Gasteiger charge is -2.27. The van der Waals surface area contributed by atoms with Gasteiger partial charge < -0.3 is 9.47 Å². The van der Waals surface area contributed by atoms with Gasteiger partial charge in [-0.1, -0.05) is 28.1 Å². The third-order valence-corrected chi connectivity index (χ3v) is 5.12. The van der Waals surface area contributed by atoms with Crippen molar-refractivity contribution < 1.29 is 23.9 Å². The number of benzene rings is 2. The summed E-state index contributed by atoms with van der Waals surface area (Å²) in [6.07, 6.45) is 1.38. The molecule has 0 spiro atoms. The van der Waals surface area contributed by atoms with Gasteiger partial charge in [-0.15, -0.1) is 0 Å². The predicted molar refractivity (Wildman–Crippen MR) is 107 cm³/mol. The third kappa shape index (κ3) is 3.50. The molecule has 2 aromatic rings. The molecule has 1 heterocycles. The Morgan fingerprint density at radius 1 is 1.07 bits per heavy atom. The Bertz CT molecular complexity index is 1020. The number of carbonyl (C=O) groups excluding carboxylic acids is 3. The maximum absolute atomic E-state index is 13.0. The van der Waals surface area contributed by atoms with Gasteiger partial charge in [-0.2, -0.15) is 0 Å². The number of barbiturate groups is 1. The zero-order valence-corrected chi connectivity index (χ0v) is 17.0. The molecule has 2 aromatic carbocycles. The first kappa shape index (κ1) is 19.6. The SMILES string of the molecule is COc1cccc(/C=C2\C(=O)NC(=O)N(c3ccc(Br)c(C)c3)C2=O)c1OC. The summed E-state index contributed by atoms with van der Waals surface area (Å²) in [5.41, 5.74) is 1.49. The Morgan fingerprint density at radius 2 is 1.82 bits per heavy atom. The number of methoxy groups -OCH3 is 2. The first-order valence-electron chi connectivity index (χ1n) is 8.26. The average molecular weight is 445 g/mol. The van der Waals surface area contributed by atoms with Crippen molar-refractivity contribution >= 4 is 45.5 Å². The van der Waals surface area contributed by atoms with Crippen molar-refractivity contribution in [1.82, 2.24) is 5.32 Å². The summed E-state index contributed by atoms with van der Waals surface area (Å²) in [6, 6.07) is 9.32. The fourth-order valence-electron chi connectivity index (χ4n) is 2.84. The smallest absolute Gasteiger partial charge is 0.335 e. The second kappa shape index (κ2) is 7.85. The molecular formula is C20H17BrN2O5. The van der Waals surface area contributed by atoms with Gasteiger partial charge in [0.25, 0.3) is 11.8 Å². The molecular weight excluding hydrogens is 428 g/mol. The summed E-state index contributed by atoms with van der Waals surface area (Å²) in [4.78, 5) is 38.6. The molecule has 0 aromatic heterocycles. The number of halogens is 1. The van der Waals surface area contributed by atoms with Crippen LogP contribution >= 0.6 is 15.9 Å². The topological polar surface area (TPSA) is 84.9 Å². The molecule has 7 nitrogen and oxygen atoms in total. The van der Waals surface area contributed by atoms with Crippen molar-refractivity contribution in [3.63, 3.8) is 0 Å². The maximum atomic E-state index is 13.0. The number of para-hydroxylation sites is 1. The molecule has 3 rings (SSSR count). The molecule has 1 aliphatic rings. The fraction of sp³-hybridized carbons (Fsp3) is 0.150. The van der Waals surface area contributed by atoms with E-state index in [0.717, 1.165) is 14.9 Å². The summed E-state index contributed by atoms with van der Waals surface area (Å²) in [6.45, 7) is 1.84. The molecule has 0 radical (unpaired) electrons. The summed E-state index contributed by atoms with van der Waals surface area (Å²) < 4.78 is 11.4. The molecule has 0 atom stereocenters. The number of carbonyl (C=O) groups is 3. The number of rotatable bonds is 4. The lowest BCUT2D eigenvalue weighted by molar-refractivity contribution is -0.122. The van der Waals surface area contributed by atoms with E-state index in [1.165, 1.54) is 20.3 Å². The first-order chi connectivity index (χ1) is 13.4. The minimum absolute atomic E-state index is 0.188. The lowest BCUT2D eigenvalue weighted by atomic mass is 10.1. The van der Waals surface area contributed by atoms with Crippen molar-refractivity contribution in [2.75, 3.05) is 19.1 Å². The van der Waals surface area contributed by atoms with E-state index in [1.54, 1.807) is 36.4 Å². The quantitative estimate of drug-likeness (QED) is 0.576. The van der Waals surface area contributed by atoms with Crippen molar-refractivity contribution in [3.8, 4) is 11.5 Å². The number of hydrogen-bond acceptors (Lipinski definition) is 5. The van der Waals surface area contributed by atoms with Gasteiger partial charge in [-0.25, -0.2) is 9.69 Å². The molecule has 1 N–H and O–H groups in total. The number of anilines is 1. The van der Waals surface area contributed by atoms with Crippen molar-refractivity contribution in [1.29, 1.82) is 0 Å². The number of nitrogens with zero attached hydrogens (tertiary/aromatic N) is 1. The molecule has 144 valence electrons. The van der Waals surface area contributed by atoms with Gasteiger partial charge in [0.05, 0.1) is 19.9 Å². The Morgan fingerprint density at radius 3 is 2.46 bits per heavy atom. The van der Waals surface area contributed by atoms with Gasteiger partial charge >= 0.3 is 6.03 Å². The summed E-state index contributed by atoms with van der Waals surface area (Å²) in [7, 11) is 2.95. The van der Waals surface area contributed by atoms with Crippen LogP contribution in [0.25, 0.3) is 6.08 Å². The Hall–Kier alpha value is -3.13. The zero-order chi connectivity index (χ0) is 20.4. The van der Waals surface area contributed by atoms with E-state index in [4.69, 9.17) is 9.47 Å². The highest BCUT2D eigenvalue weighted by Gasteiger charge is 2.37. The molecule has 8 heteroatoms. The highest BCUT2D eigenvalue weighted by Crippen LogP contribution is 2.33. The number of aryl methyl sites for hydroxylation is 1. The highest BCUT2D eigenvalue weighted by molar-refractivity contribution is 9.10. The van der Waals surface area contributed by atoms with E-state index in [1.807, 2.05) is 6.92 Å². The number of urea groups is 1. The van der Waals surface area contributed by atoms with Crippen LogP contribution in [-0.4, -0.2) is 32.1 Å². The number of nitrogens with one attached hydrogen (secondary N) is 1. The van der Waals surface area contributed by atoms with Crippen LogP contribution in [0.4, 0.5) is 10.5 Å². The molecule has 28 heavy (non-hydrogen) atoms. The largest absolute Gasteiger partial charge is 0.493 e. The van der Waals surface area contributed by atoms with Crippen LogP contribution in [-0.2, 0) is 9.59 Å². The molecule has 0 aliphatic carbocycles. The maximum Gasteiger partial charge on any atom is 0.335 e. The Kier molecular flexibility index (Phi) is 5.51. The zero-order valence-electron chi connectivity index (χ0n) is 15.4. The molecule has 1 saturated heterocycles. The monoisotopic (exact) mass is 444 g/mol. The van der Waals surface area contributed by atoms with Crippen LogP contribution < -0.4 is 19.7 Å². The van der Waals surface area contributed by atoms with E-state index in [0.29, 0.717) is 22.7 Å². The van der Waals surface area contributed by atoms with Crippen molar-refractivity contribution in [2.45, 2.75) is 6.92 Å². The second-order valence-corrected chi connectivity index (χ2v) is 6.83. The minimum Gasteiger partial charge on any atom is -0.493 e. The van der Waals surface area contributed by atoms with Crippen molar-refractivity contribution in [2.24, 2.45) is 0 Å². The summed E-state index contributed by atoms with van der Waals surface area (Å²) in [5, 5.41) is 2.20. The Labute approximate surface area is 170 Å². The standard InChI is InChI=1S/C20H17BrN2O5/c1-11-9-13(7-8-15(11)21)23-19(25)14(18(24)22-20(23)26)10-12-5-4-6-16(27-2)17(12)28-3/h4-10H,1-3H3,(H,22,24,26)/b14-10+. The van der Waals surface area contributed by atoms with Crippen LogP contribution in [0.2, 0.25) is 0 Å². The second-order valence-electron chi connectivity index (χ2n) is 5.97. The summed E-state index contributed by atoms with van der Waals surface area (Å²) in [5.74, 6) is -0.664. The molecule has 0 bridgehead atoms. The molecule has 0 unspecified atom stereocenters. The van der Waals surface area contributed by atoms with Crippen molar-refractivity contribution in [3.05, 3.63) is 57.6 Å². The van der Waals surface area contributed by atoms with Crippen LogP contribution in [0.3, 0.4) is 0 Å². The number of amides is 4. The van der Waals surface area contributed by atoms with E-state index in [9.17, 15) is 14.4 Å². The van der Waals surface area contributed by atoms with E-state index in [2.05, 4.69) is 21.2 Å². The minimum atomic E-state index is -0.800. The normalized spacial score (nSPS) is 15.6. The van der Waals surface area contributed by atoms with Gasteiger partial charge in [0.2, 0.25) is 0 Å².